The molecule has 0 aliphatic carbocycles. The molecule has 26 heavy (non-hydrogen) atoms. The first-order valence-electron chi connectivity index (χ1n) is 9.56. The predicted octanol–water partition coefficient (Wildman–Crippen LogP) is 2.88. The third-order valence-electron chi connectivity index (χ3n) is 5.78. The van der Waals surface area contributed by atoms with Gasteiger partial charge in [0.1, 0.15) is 0 Å². The Balaban J connectivity index is 1.28. The predicted molar refractivity (Wildman–Crippen MR) is 102 cm³/mol. The first-order valence-corrected chi connectivity index (χ1v) is 9.56. The van der Waals surface area contributed by atoms with E-state index in [2.05, 4.69) is 45.4 Å². The first kappa shape index (κ1) is 17.0. The molecule has 2 saturated heterocycles. The van der Waals surface area contributed by atoms with E-state index in [-0.39, 0.29) is 5.91 Å². The van der Waals surface area contributed by atoms with Crippen LogP contribution in [0.5, 0.6) is 0 Å². The zero-order valence-corrected chi connectivity index (χ0v) is 15.3. The van der Waals surface area contributed by atoms with Gasteiger partial charge in [0.05, 0.1) is 5.69 Å². The maximum absolute atomic E-state index is 11.4. The molecule has 0 saturated carbocycles. The van der Waals surface area contributed by atoms with Crippen molar-refractivity contribution in [2.24, 2.45) is 5.92 Å². The molecule has 2 aromatic rings. The smallest absolute Gasteiger partial charge is 0.219 e. The van der Waals surface area contributed by atoms with Crippen molar-refractivity contribution in [3.05, 3.63) is 53.9 Å². The summed E-state index contributed by atoms with van der Waals surface area (Å²) < 4.78 is 0. The SMILES string of the molecule is CC(=O)N1CCC(Cc2ccc(N3CC(c4cccnn4)C3)cc2)CC1. The molecule has 2 aliphatic heterocycles. The molecule has 3 heterocycles. The summed E-state index contributed by atoms with van der Waals surface area (Å²) in [6.45, 7) is 5.53. The number of hydrogen-bond acceptors (Lipinski definition) is 4. The number of piperidine rings is 1. The quantitative estimate of drug-likeness (QED) is 0.851. The van der Waals surface area contributed by atoms with E-state index in [9.17, 15) is 4.79 Å². The van der Waals surface area contributed by atoms with E-state index in [1.165, 1.54) is 11.3 Å². The fourth-order valence-corrected chi connectivity index (χ4v) is 4.04. The molecule has 1 aromatic heterocycles. The van der Waals surface area contributed by atoms with Gasteiger partial charge in [-0.1, -0.05) is 12.1 Å². The number of carbonyl (C=O) groups excluding carboxylic acids is 1. The van der Waals surface area contributed by atoms with Crippen molar-refractivity contribution >= 4 is 11.6 Å². The normalized spacial score (nSPS) is 18.7. The van der Waals surface area contributed by atoms with Gasteiger partial charge in [-0.15, -0.1) is 0 Å². The second-order valence-corrected chi connectivity index (χ2v) is 7.57. The number of nitrogens with zero attached hydrogens (tertiary/aromatic N) is 4. The molecule has 1 amide bonds. The first-order chi connectivity index (χ1) is 12.7. The highest BCUT2D eigenvalue weighted by atomic mass is 16.2. The molecule has 2 fully saturated rings. The van der Waals surface area contributed by atoms with E-state index in [1.807, 2.05) is 11.0 Å². The standard InChI is InChI=1S/C21H26N4O/c1-16(26)24-11-8-18(9-12-24)13-17-4-6-20(7-5-17)25-14-19(15-25)21-3-2-10-22-23-21/h2-7,10,18-19H,8-9,11-15H2,1H3. The summed E-state index contributed by atoms with van der Waals surface area (Å²) in [5.41, 5.74) is 3.79. The maximum atomic E-state index is 11.4. The number of rotatable bonds is 4. The maximum Gasteiger partial charge on any atom is 0.219 e. The summed E-state index contributed by atoms with van der Waals surface area (Å²) in [6, 6.07) is 13.0. The van der Waals surface area contributed by atoms with E-state index in [0.717, 1.165) is 51.1 Å². The highest BCUT2D eigenvalue weighted by Gasteiger charge is 2.29. The van der Waals surface area contributed by atoms with E-state index < -0.39 is 0 Å². The number of benzene rings is 1. The second-order valence-electron chi connectivity index (χ2n) is 7.57. The monoisotopic (exact) mass is 350 g/mol. The summed E-state index contributed by atoms with van der Waals surface area (Å²) in [7, 11) is 0. The molecule has 0 N–H and O–H groups in total. The highest BCUT2D eigenvalue weighted by Crippen LogP contribution is 2.31. The van der Waals surface area contributed by atoms with E-state index >= 15 is 0 Å². The van der Waals surface area contributed by atoms with E-state index in [4.69, 9.17) is 0 Å². The molecule has 0 unspecified atom stereocenters. The molecule has 0 spiro atoms. The molecule has 5 nitrogen and oxygen atoms in total. The van der Waals surface area contributed by atoms with Gasteiger partial charge in [0, 0.05) is 50.9 Å². The summed E-state index contributed by atoms with van der Waals surface area (Å²) in [5.74, 6) is 1.40. The van der Waals surface area contributed by atoms with Gasteiger partial charge in [0.15, 0.2) is 0 Å². The minimum absolute atomic E-state index is 0.210. The summed E-state index contributed by atoms with van der Waals surface area (Å²) in [6.07, 6.45) is 5.08. The number of carbonyl (C=O) groups is 1. The Labute approximate surface area is 155 Å². The zero-order valence-electron chi connectivity index (χ0n) is 15.3. The van der Waals surface area contributed by atoms with Gasteiger partial charge in [-0.05, 0) is 55.0 Å². The lowest BCUT2D eigenvalue weighted by Crippen LogP contribution is -2.45. The minimum atomic E-state index is 0.210. The van der Waals surface area contributed by atoms with Crippen LogP contribution < -0.4 is 4.90 Å². The minimum Gasteiger partial charge on any atom is -0.370 e. The van der Waals surface area contributed by atoms with Crippen LogP contribution in [-0.2, 0) is 11.2 Å². The Kier molecular flexibility index (Phi) is 4.87. The average Bonchev–Trinajstić information content (AvgIpc) is 2.63. The van der Waals surface area contributed by atoms with Crippen LogP contribution in [0.1, 0.15) is 36.9 Å². The number of aromatic nitrogens is 2. The lowest BCUT2D eigenvalue weighted by Gasteiger charge is -2.40. The van der Waals surface area contributed by atoms with Gasteiger partial charge in [-0.2, -0.15) is 10.2 Å². The van der Waals surface area contributed by atoms with Crippen LogP contribution >= 0.6 is 0 Å². The summed E-state index contributed by atoms with van der Waals surface area (Å²) in [4.78, 5) is 15.8. The van der Waals surface area contributed by atoms with Crippen molar-refractivity contribution < 1.29 is 4.79 Å². The third-order valence-corrected chi connectivity index (χ3v) is 5.78. The molecule has 2 aliphatic rings. The molecule has 0 atom stereocenters. The summed E-state index contributed by atoms with van der Waals surface area (Å²) in [5, 5.41) is 8.20. The van der Waals surface area contributed by atoms with Crippen molar-refractivity contribution in [1.29, 1.82) is 0 Å². The van der Waals surface area contributed by atoms with E-state index in [0.29, 0.717) is 11.8 Å². The Hall–Kier alpha value is -2.43. The number of anilines is 1. The van der Waals surface area contributed by atoms with Crippen LogP contribution in [0.4, 0.5) is 5.69 Å². The largest absolute Gasteiger partial charge is 0.370 e. The molecule has 5 heteroatoms. The second kappa shape index (κ2) is 7.44. The van der Waals surface area contributed by atoms with Crippen molar-refractivity contribution in [2.75, 3.05) is 31.1 Å². The average molecular weight is 350 g/mol. The summed E-state index contributed by atoms with van der Waals surface area (Å²) >= 11 is 0. The van der Waals surface area contributed by atoms with Gasteiger partial charge >= 0.3 is 0 Å². The Morgan fingerprint density at radius 3 is 2.46 bits per heavy atom. The highest BCUT2D eigenvalue weighted by molar-refractivity contribution is 5.73. The lowest BCUT2D eigenvalue weighted by molar-refractivity contribution is -0.130. The number of likely N-dealkylation sites (tertiary alicyclic amines) is 1. The van der Waals surface area contributed by atoms with Gasteiger partial charge in [-0.25, -0.2) is 0 Å². The fraction of sp³-hybridized carbons (Fsp3) is 0.476. The van der Waals surface area contributed by atoms with Crippen molar-refractivity contribution in [3.8, 4) is 0 Å². The van der Waals surface area contributed by atoms with Crippen LogP contribution in [0.3, 0.4) is 0 Å². The lowest BCUT2D eigenvalue weighted by atomic mass is 9.90. The van der Waals surface area contributed by atoms with Crippen LogP contribution in [-0.4, -0.2) is 47.2 Å². The van der Waals surface area contributed by atoms with E-state index in [1.54, 1.807) is 13.1 Å². The van der Waals surface area contributed by atoms with Gasteiger partial charge in [-0.3, -0.25) is 4.79 Å². The molecule has 0 bridgehead atoms. The van der Waals surface area contributed by atoms with Gasteiger partial charge < -0.3 is 9.80 Å². The zero-order chi connectivity index (χ0) is 17.9. The van der Waals surface area contributed by atoms with Crippen molar-refractivity contribution in [1.82, 2.24) is 15.1 Å². The van der Waals surface area contributed by atoms with Crippen LogP contribution in [0, 0.1) is 5.92 Å². The molecule has 136 valence electrons. The Morgan fingerprint density at radius 2 is 1.85 bits per heavy atom. The molecular formula is C21H26N4O. The van der Waals surface area contributed by atoms with Crippen molar-refractivity contribution in [2.45, 2.75) is 32.1 Å². The van der Waals surface area contributed by atoms with Crippen LogP contribution in [0.2, 0.25) is 0 Å². The van der Waals surface area contributed by atoms with Crippen molar-refractivity contribution in [3.63, 3.8) is 0 Å². The number of hydrogen-bond donors (Lipinski definition) is 0. The topological polar surface area (TPSA) is 49.3 Å². The fourth-order valence-electron chi connectivity index (χ4n) is 4.04. The van der Waals surface area contributed by atoms with Gasteiger partial charge in [0.2, 0.25) is 5.91 Å². The van der Waals surface area contributed by atoms with Gasteiger partial charge in [0.25, 0.3) is 0 Å². The molecule has 4 rings (SSSR count). The Bertz CT molecular complexity index is 732. The van der Waals surface area contributed by atoms with Crippen LogP contribution in [0.25, 0.3) is 0 Å². The third kappa shape index (κ3) is 3.71. The van der Waals surface area contributed by atoms with Crippen LogP contribution in [0.15, 0.2) is 42.6 Å². The molecule has 0 radical (unpaired) electrons. The number of amides is 1. The Morgan fingerprint density at radius 1 is 1.12 bits per heavy atom. The molecular weight excluding hydrogens is 324 g/mol. The molecule has 1 aromatic carbocycles.